The molecule has 1 atom stereocenters. The molecule has 0 fully saturated rings. The molecule has 1 aliphatic carbocycles. The van der Waals surface area contributed by atoms with Crippen molar-refractivity contribution < 1.29 is 8.95 Å². The summed E-state index contributed by atoms with van der Waals surface area (Å²) in [5.74, 6) is 0.475. The predicted molar refractivity (Wildman–Crippen MR) is 121 cm³/mol. The highest BCUT2D eigenvalue weighted by molar-refractivity contribution is 7.88. The Balaban J connectivity index is 1.68. The first-order chi connectivity index (χ1) is 14.5. The van der Waals surface area contributed by atoms with Crippen LogP contribution in [0.4, 0.5) is 0 Å². The van der Waals surface area contributed by atoms with E-state index < -0.39 is 10.8 Å². The average Bonchev–Trinajstić information content (AvgIpc) is 2.93. The first-order valence-electron chi connectivity index (χ1n) is 9.39. The Morgan fingerprint density at radius 3 is 3.07 bits per heavy atom. The molecule has 30 heavy (non-hydrogen) atoms. The SMILES string of the molecule is C=C(/N=C\c1nnn(-c2cccc(COC)c2)c1C)NC1=CCC(S(C)=O)=CC=C1. The second kappa shape index (κ2) is 10.1. The topological polar surface area (TPSA) is 81.4 Å². The summed E-state index contributed by atoms with van der Waals surface area (Å²) in [5, 5.41) is 11.6. The largest absolute Gasteiger partial charge is 0.380 e. The minimum absolute atomic E-state index is 0.475. The van der Waals surface area contributed by atoms with Gasteiger partial charge in [0, 0.05) is 41.2 Å². The Kier molecular flexibility index (Phi) is 7.26. The second-order valence-electron chi connectivity index (χ2n) is 6.71. The molecular weight excluding hydrogens is 398 g/mol. The lowest BCUT2D eigenvalue weighted by atomic mass is 10.2. The Morgan fingerprint density at radius 2 is 2.30 bits per heavy atom. The van der Waals surface area contributed by atoms with Crippen LogP contribution in [0.25, 0.3) is 5.69 Å². The average molecular weight is 424 g/mol. The number of nitrogens with zero attached hydrogens (tertiary/aromatic N) is 4. The van der Waals surface area contributed by atoms with Gasteiger partial charge in [-0.25, -0.2) is 9.67 Å². The Morgan fingerprint density at radius 1 is 1.47 bits per heavy atom. The molecule has 0 radical (unpaired) electrons. The lowest BCUT2D eigenvalue weighted by Crippen LogP contribution is -2.09. The van der Waals surface area contributed by atoms with E-state index >= 15 is 0 Å². The molecule has 1 aliphatic rings. The van der Waals surface area contributed by atoms with Crippen LogP contribution in [0, 0.1) is 6.92 Å². The van der Waals surface area contributed by atoms with E-state index in [9.17, 15) is 4.21 Å². The Hall–Kier alpha value is -3.10. The van der Waals surface area contributed by atoms with Crippen molar-refractivity contribution in [1.82, 2.24) is 20.3 Å². The van der Waals surface area contributed by atoms with Crippen LogP contribution in [0.1, 0.15) is 23.4 Å². The quantitative estimate of drug-likeness (QED) is 0.659. The van der Waals surface area contributed by atoms with Gasteiger partial charge in [-0.05, 0) is 36.8 Å². The molecule has 2 aromatic rings. The van der Waals surface area contributed by atoms with Crippen molar-refractivity contribution in [3.63, 3.8) is 0 Å². The number of allylic oxidation sites excluding steroid dienone is 5. The first kappa shape index (κ1) is 21.6. The number of aromatic nitrogens is 3. The fraction of sp³-hybridized carbons (Fsp3) is 0.227. The van der Waals surface area contributed by atoms with Gasteiger partial charge < -0.3 is 10.1 Å². The van der Waals surface area contributed by atoms with E-state index in [0.29, 0.717) is 24.5 Å². The predicted octanol–water partition coefficient (Wildman–Crippen LogP) is 3.31. The van der Waals surface area contributed by atoms with Gasteiger partial charge in [-0.3, -0.25) is 4.21 Å². The maximum atomic E-state index is 11.6. The highest BCUT2D eigenvalue weighted by atomic mass is 32.2. The van der Waals surface area contributed by atoms with Crippen LogP contribution in [0.5, 0.6) is 0 Å². The van der Waals surface area contributed by atoms with Crippen LogP contribution < -0.4 is 5.32 Å². The van der Waals surface area contributed by atoms with Crippen molar-refractivity contribution in [3.05, 3.63) is 88.5 Å². The number of rotatable bonds is 8. The number of methoxy groups -OCH3 is 1. The van der Waals surface area contributed by atoms with Gasteiger partial charge in [-0.1, -0.05) is 36.1 Å². The summed E-state index contributed by atoms with van der Waals surface area (Å²) >= 11 is 0. The molecular formula is C22H25N5O2S. The second-order valence-corrected chi connectivity index (χ2v) is 8.15. The molecule has 1 unspecified atom stereocenters. The number of hydrogen-bond donors (Lipinski definition) is 1. The zero-order valence-electron chi connectivity index (χ0n) is 17.3. The molecule has 1 N–H and O–H groups in total. The summed E-state index contributed by atoms with van der Waals surface area (Å²) in [6.07, 6.45) is 11.5. The summed E-state index contributed by atoms with van der Waals surface area (Å²) in [5.41, 5.74) is 4.35. The molecule has 8 heteroatoms. The van der Waals surface area contributed by atoms with Crippen LogP contribution in [0.15, 0.2) is 76.6 Å². The van der Waals surface area contributed by atoms with Crippen molar-refractivity contribution in [1.29, 1.82) is 0 Å². The molecule has 0 amide bonds. The fourth-order valence-corrected chi connectivity index (χ4v) is 3.49. The van der Waals surface area contributed by atoms with Crippen LogP contribution in [0.3, 0.4) is 0 Å². The van der Waals surface area contributed by atoms with Crippen molar-refractivity contribution in [2.75, 3.05) is 13.4 Å². The molecule has 7 nitrogen and oxygen atoms in total. The molecule has 0 aliphatic heterocycles. The molecule has 0 saturated heterocycles. The van der Waals surface area contributed by atoms with Gasteiger partial charge in [-0.15, -0.1) is 5.10 Å². The van der Waals surface area contributed by atoms with E-state index in [4.69, 9.17) is 4.74 Å². The number of hydrogen-bond acceptors (Lipinski definition) is 6. The van der Waals surface area contributed by atoms with Gasteiger partial charge in [-0.2, -0.15) is 0 Å². The van der Waals surface area contributed by atoms with Gasteiger partial charge in [0.1, 0.15) is 11.5 Å². The molecule has 156 valence electrons. The summed E-state index contributed by atoms with van der Waals surface area (Å²) in [6, 6.07) is 7.96. The number of benzene rings is 1. The van der Waals surface area contributed by atoms with E-state index in [1.165, 1.54) is 0 Å². The lowest BCUT2D eigenvalue weighted by Gasteiger charge is -2.06. The maximum Gasteiger partial charge on any atom is 0.127 e. The van der Waals surface area contributed by atoms with Crippen molar-refractivity contribution in [2.24, 2.45) is 4.99 Å². The van der Waals surface area contributed by atoms with Gasteiger partial charge in [0.2, 0.25) is 0 Å². The third-order valence-electron chi connectivity index (χ3n) is 4.48. The zero-order chi connectivity index (χ0) is 21.5. The summed E-state index contributed by atoms with van der Waals surface area (Å²) in [7, 11) is 0.693. The van der Waals surface area contributed by atoms with E-state index in [2.05, 4.69) is 27.2 Å². The highest BCUT2D eigenvalue weighted by Gasteiger charge is 2.09. The van der Waals surface area contributed by atoms with E-state index in [0.717, 1.165) is 27.5 Å². The molecule has 0 spiro atoms. The normalized spacial score (nSPS) is 14.9. The van der Waals surface area contributed by atoms with E-state index in [1.807, 2.05) is 55.5 Å². The van der Waals surface area contributed by atoms with Crippen LogP contribution in [-0.4, -0.2) is 38.8 Å². The highest BCUT2D eigenvalue weighted by Crippen LogP contribution is 2.15. The monoisotopic (exact) mass is 423 g/mol. The standard InChI is InChI=1S/C22H25N5O2S/c1-16-22(25-26-27(16)20-9-5-7-18(13-20)15-29-3)14-23-17(2)24-19-8-6-10-21(12-11-19)30(4)28/h5-11,13-14,24H,2,12,15H2,1,3-4H3/b23-14-. The molecule has 0 saturated carbocycles. The molecule has 1 heterocycles. The third-order valence-corrected chi connectivity index (χ3v) is 5.52. The van der Waals surface area contributed by atoms with Crippen LogP contribution in [0.2, 0.25) is 0 Å². The van der Waals surface area contributed by atoms with Crippen molar-refractivity contribution in [2.45, 2.75) is 20.0 Å². The summed E-state index contributed by atoms with van der Waals surface area (Å²) < 4.78 is 18.6. The van der Waals surface area contributed by atoms with Gasteiger partial charge >= 0.3 is 0 Å². The molecule has 1 aromatic heterocycles. The zero-order valence-corrected chi connectivity index (χ0v) is 18.1. The van der Waals surface area contributed by atoms with Crippen LogP contribution in [-0.2, 0) is 22.1 Å². The summed E-state index contributed by atoms with van der Waals surface area (Å²) in [4.78, 5) is 5.24. The Bertz CT molecular complexity index is 1080. The minimum atomic E-state index is -0.977. The Labute approximate surface area is 179 Å². The summed E-state index contributed by atoms with van der Waals surface area (Å²) in [6.45, 7) is 6.42. The van der Waals surface area contributed by atoms with Gasteiger partial charge in [0.25, 0.3) is 0 Å². The van der Waals surface area contributed by atoms with Crippen LogP contribution >= 0.6 is 0 Å². The number of aliphatic imine (C=N–C) groups is 1. The van der Waals surface area contributed by atoms with Gasteiger partial charge in [0.05, 0.1) is 24.2 Å². The minimum Gasteiger partial charge on any atom is -0.380 e. The maximum absolute atomic E-state index is 11.6. The molecule has 1 aromatic carbocycles. The molecule has 3 rings (SSSR count). The van der Waals surface area contributed by atoms with E-state index in [1.54, 1.807) is 24.3 Å². The fourth-order valence-electron chi connectivity index (χ4n) is 2.90. The number of ether oxygens (including phenoxy) is 1. The van der Waals surface area contributed by atoms with Crippen molar-refractivity contribution >= 4 is 17.0 Å². The third kappa shape index (κ3) is 5.49. The van der Waals surface area contributed by atoms with Gasteiger partial charge in [0.15, 0.2) is 0 Å². The van der Waals surface area contributed by atoms with Crippen molar-refractivity contribution in [3.8, 4) is 5.69 Å². The lowest BCUT2D eigenvalue weighted by molar-refractivity contribution is 0.185. The first-order valence-corrected chi connectivity index (χ1v) is 10.9. The molecule has 0 bridgehead atoms. The van der Waals surface area contributed by atoms with E-state index in [-0.39, 0.29) is 0 Å². The number of nitrogens with one attached hydrogen (secondary N) is 1. The smallest absolute Gasteiger partial charge is 0.127 e.